The first kappa shape index (κ1) is 23.1. The lowest BCUT2D eigenvalue weighted by atomic mass is 9.71. The zero-order valence-electron chi connectivity index (χ0n) is 18.9. The molecule has 7 heteroatoms. The van der Waals surface area contributed by atoms with Gasteiger partial charge in [-0.05, 0) is 72.0 Å². The molecule has 0 spiro atoms. The summed E-state index contributed by atoms with van der Waals surface area (Å²) in [5.41, 5.74) is 4.60. The number of allylic oxidation sites excluding steroid dienone is 4. The molecule has 0 fully saturated rings. The lowest BCUT2D eigenvalue weighted by Crippen LogP contribution is -2.36. The summed E-state index contributed by atoms with van der Waals surface area (Å²) >= 11 is 2.17. The fourth-order valence-corrected chi connectivity index (χ4v) is 5.91. The van der Waals surface area contributed by atoms with Gasteiger partial charge in [0.15, 0.2) is 23.1 Å². The second kappa shape index (κ2) is 9.52. The molecular formula is C27H25FINO4. The van der Waals surface area contributed by atoms with Crippen molar-refractivity contribution in [1.29, 1.82) is 0 Å². The van der Waals surface area contributed by atoms with Crippen molar-refractivity contribution in [1.82, 2.24) is 5.32 Å². The van der Waals surface area contributed by atoms with Gasteiger partial charge < -0.3 is 14.8 Å². The highest BCUT2D eigenvalue weighted by Crippen LogP contribution is 2.47. The van der Waals surface area contributed by atoms with Crippen LogP contribution in [0.3, 0.4) is 0 Å². The number of Topliss-reactive ketones (excluding diaryl/α,β-unsaturated/α-hetero) is 2. The van der Waals surface area contributed by atoms with E-state index in [1.165, 1.54) is 6.07 Å². The quantitative estimate of drug-likeness (QED) is 0.464. The van der Waals surface area contributed by atoms with Crippen molar-refractivity contribution in [3.63, 3.8) is 0 Å². The van der Waals surface area contributed by atoms with Crippen LogP contribution in [0.2, 0.25) is 0 Å². The summed E-state index contributed by atoms with van der Waals surface area (Å²) in [5, 5.41) is 3.44. The van der Waals surface area contributed by atoms with E-state index in [0.717, 1.165) is 46.2 Å². The van der Waals surface area contributed by atoms with Crippen LogP contribution in [0.15, 0.2) is 58.9 Å². The first-order chi connectivity index (χ1) is 16.5. The van der Waals surface area contributed by atoms with E-state index in [1.807, 2.05) is 12.1 Å². The molecule has 0 atom stereocenters. The monoisotopic (exact) mass is 573 g/mol. The maximum absolute atomic E-state index is 14.1. The van der Waals surface area contributed by atoms with E-state index in [-0.39, 0.29) is 24.0 Å². The third-order valence-electron chi connectivity index (χ3n) is 6.71. The first-order valence-corrected chi connectivity index (χ1v) is 12.6. The summed E-state index contributed by atoms with van der Waals surface area (Å²) in [6, 6.07) is 10.3. The number of rotatable bonds is 5. The number of hydrogen-bond donors (Lipinski definition) is 1. The third kappa shape index (κ3) is 4.15. The zero-order valence-corrected chi connectivity index (χ0v) is 21.0. The van der Waals surface area contributed by atoms with Crippen LogP contribution in [0.5, 0.6) is 11.5 Å². The molecule has 0 aromatic heterocycles. The van der Waals surface area contributed by atoms with E-state index in [9.17, 15) is 14.0 Å². The molecule has 176 valence electrons. The molecule has 0 radical (unpaired) electrons. The number of halogens is 2. The minimum atomic E-state index is -0.408. The van der Waals surface area contributed by atoms with Crippen LogP contribution in [0.25, 0.3) is 0 Å². The van der Waals surface area contributed by atoms with Gasteiger partial charge in [-0.1, -0.05) is 18.2 Å². The van der Waals surface area contributed by atoms with E-state index in [4.69, 9.17) is 9.47 Å². The SMILES string of the molecule is COc1cc(C2C3=C(CCCC3=O)NC3=C2C(=O)CCC3)cc(I)c1OCc1ccccc1F. The topological polar surface area (TPSA) is 64.6 Å². The number of ether oxygens (including phenoxy) is 2. The Balaban J connectivity index is 1.57. The van der Waals surface area contributed by atoms with Crippen LogP contribution in [0, 0.1) is 9.39 Å². The fourth-order valence-electron chi connectivity index (χ4n) is 5.13. The molecule has 2 aromatic carbocycles. The standard InChI is InChI=1S/C27H25FINO4/c1-33-23-13-16(12-18(29)27(23)34-14-15-6-2-3-7-17(15)28)24-25-19(8-4-10-21(25)31)30-20-9-5-11-22(32)26(20)24/h2-3,6-7,12-13,24,30H,4-5,8-11,14H2,1H3. The van der Waals surface area contributed by atoms with Gasteiger partial charge in [0.2, 0.25) is 0 Å². The second-order valence-electron chi connectivity index (χ2n) is 8.81. The van der Waals surface area contributed by atoms with E-state index in [2.05, 4.69) is 27.9 Å². The zero-order chi connectivity index (χ0) is 23.8. The van der Waals surface area contributed by atoms with Gasteiger partial charge in [-0.25, -0.2) is 4.39 Å². The summed E-state index contributed by atoms with van der Waals surface area (Å²) in [6.07, 6.45) is 4.23. The van der Waals surface area contributed by atoms with Gasteiger partial charge in [0.1, 0.15) is 12.4 Å². The van der Waals surface area contributed by atoms with Crippen LogP contribution in [-0.2, 0) is 16.2 Å². The summed E-state index contributed by atoms with van der Waals surface area (Å²) in [5.74, 6) is 0.461. The highest BCUT2D eigenvalue weighted by molar-refractivity contribution is 14.1. The predicted molar refractivity (Wildman–Crippen MR) is 134 cm³/mol. The van der Waals surface area contributed by atoms with Crippen molar-refractivity contribution in [3.05, 3.63) is 79.5 Å². The van der Waals surface area contributed by atoms with Gasteiger partial charge >= 0.3 is 0 Å². The molecule has 0 amide bonds. The summed E-state index contributed by atoms with van der Waals surface area (Å²) in [7, 11) is 1.56. The molecule has 34 heavy (non-hydrogen) atoms. The number of dihydropyridines is 1. The molecular weight excluding hydrogens is 548 g/mol. The minimum Gasteiger partial charge on any atom is -0.493 e. The van der Waals surface area contributed by atoms with Crippen molar-refractivity contribution >= 4 is 34.2 Å². The summed E-state index contributed by atoms with van der Waals surface area (Å²) in [6.45, 7) is 0.0628. The molecule has 3 aliphatic rings. The van der Waals surface area contributed by atoms with Crippen molar-refractivity contribution in [2.75, 3.05) is 7.11 Å². The normalized spacial score (nSPS) is 18.4. The van der Waals surface area contributed by atoms with Gasteiger partial charge in [0.05, 0.1) is 10.7 Å². The predicted octanol–water partition coefficient (Wildman–Crippen LogP) is 5.72. The van der Waals surface area contributed by atoms with E-state index in [0.29, 0.717) is 41.1 Å². The number of benzene rings is 2. The van der Waals surface area contributed by atoms with Gasteiger partial charge in [0.25, 0.3) is 0 Å². The Morgan fingerprint density at radius 1 is 1.00 bits per heavy atom. The van der Waals surface area contributed by atoms with Crippen LogP contribution in [0.1, 0.15) is 55.6 Å². The van der Waals surface area contributed by atoms with E-state index >= 15 is 0 Å². The average molecular weight is 573 g/mol. The number of nitrogens with one attached hydrogen (secondary N) is 1. The van der Waals surface area contributed by atoms with E-state index < -0.39 is 5.92 Å². The highest BCUT2D eigenvalue weighted by Gasteiger charge is 2.40. The molecule has 1 heterocycles. The Kier molecular flexibility index (Phi) is 6.46. The van der Waals surface area contributed by atoms with Crippen LogP contribution in [0.4, 0.5) is 4.39 Å². The van der Waals surface area contributed by atoms with Crippen molar-refractivity contribution in [2.45, 2.75) is 51.0 Å². The number of carbonyl (C=O) groups is 2. The maximum atomic E-state index is 14.1. The number of hydrogen-bond acceptors (Lipinski definition) is 5. The highest BCUT2D eigenvalue weighted by atomic mass is 127. The summed E-state index contributed by atoms with van der Waals surface area (Å²) < 4.78 is 26.5. The smallest absolute Gasteiger partial charge is 0.174 e. The Bertz CT molecular complexity index is 1210. The third-order valence-corrected chi connectivity index (χ3v) is 7.51. The summed E-state index contributed by atoms with van der Waals surface area (Å²) in [4.78, 5) is 26.1. The van der Waals surface area contributed by atoms with Gasteiger partial charge in [-0.2, -0.15) is 0 Å². The molecule has 5 rings (SSSR count). The molecule has 1 aliphatic heterocycles. The minimum absolute atomic E-state index is 0.0628. The van der Waals surface area contributed by atoms with E-state index in [1.54, 1.807) is 25.3 Å². The molecule has 1 N–H and O–H groups in total. The average Bonchev–Trinajstić information content (AvgIpc) is 2.83. The molecule has 2 aromatic rings. The maximum Gasteiger partial charge on any atom is 0.174 e. The molecule has 0 unspecified atom stereocenters. The lowest BCUT2D eigenvalue weighted by molar-refractivity contribution is -0.116. The molecule has 0 bridgehead atoms. The Morgan fingerprint density at radius 3 is 2.26 bits per heavy atom. The Hall–Kier alpha value is -2.68. The van der Waals surface area contributed by atoms with Crippen molar-refractivity contribution in [3.8, 4) is 11.5 Å². The number of carbonyl (C=O) groups excluding carboxylic acids is 2. The fraction of sp³-hybridized carbons (Fsp3) is 0.333. The number of methoxy groups -OCH3 is 1. The largest absolute Gasteiger partial charge is 0.493 e. The molecule has 5 nitrogen and oxygen atoms in total. The molecule has 0 saturated carbocycles. The van der Waals surface area contributed by atoms with Gasteiger partial charge in [-0.15, -0.1) is 0 Å². The Labute approximate surface area is 211 Å². The van der Waals surface area contributed by atoms with Crippen molar-refractivity contribution in [2.24, 2.45) is 0 Å². The Morgan fingerprint density at radius 2 is 1.65 bits per heavy atom. The van der Waals surface area contributed by atoms with Crippen LogP contribution >= 0.6 is 22.6 Å². The van der Waals surface area contributed by atoms with Gasteiger partial charge in [0, 0.05) is 46.9 Å². The second-order valence-corrected chi connectivity index (χ2v) is 9.97. The molecule has 2 aliphatic carbocycles. The van der Waals surface area contributed by atoms with Crippen LogP contribution < -0.4 is 14.8 Å². The first-order valence-electron chi connectivity index (χ1n) is 11.5. The van der Waals surface area contributed by atoms with Crippen LogP contribution in [-0.4, -0.2) is 18.7 Å². The van der Waals surface area contributed by atoms with Crippen molar-refractivity contribution < 1.29 is 23.5 Å². The molecule has 0 saturated heterocycles. The number of ketones is 2. The van der Waals surface area contributed by atoms with Gasteiger partial charge in [-0.3, -0.25) is 9.59 Å². The lowest BCUT2D eigenvalue weighted by Gasteiger charge is -2.37.